The average Bonchev–Trinajstić information content (AvgIpc) is 3.32. The van der Waals surface area contributed by atoms with Gasteiger partial charge in [0.25, 0.3) is 0 Å². The zero-order valence-corrected chi connectivity index (χ0v) is 20.9. The van der Waals surface area contributed by atoms with Crippen molar-refractivity contribution >= 4 is 22.8 Å². The SMILES string of the molecule is COc1cc(N2CCN(C[C@@H](C)O)CC2)ccc1Nc1ncc2ccc(-c3ccccc3OC)n2n1. The summed E-state index contributed by atoms with van der Waals surface area (Å²) in [5, 5.41) is 17.7. The van der Waals surface area contributed by atoms with E-state index in [2.05, 4.69) is 26.2 Å². The summed E-state index contributed by atoms with van der Waals surface area (Å²) in [6, 6.07) is 18.0. The molecule has 1 aliphatic rings. The number of β-amino-alcohol motifs (C(OH)–C–C–N with tert-alkyl or cyclic N) is 1. The van der Waals surface area contributed by atoms with Gasteiger partial charge in [-0.1, -0.05) is 12.1 Å². The van der Waals surface area contributed by atoms with Crippen LogP contribution in [-0.4, -0.2) is 77.7 Å². The van der Waals surface area contributed by atoms with Gasteiger partial charge in [-0.2, -0.15) is 0 Å². The molecule has 0 aliphatic carbocycles. The molecule has 9 nitrogen and oxygen atoms in total. The average molecular weight is 489 g/mol. The number of para-hydroxylation sites is 1. The number of piperazine rings is 1. The van der Waals surface area contributed by atoms with Crippen LogP contribution in [0.25, 0.3) is 16.8 Å². The summed E-state index contributed by atoms with van der Waals surface area (Å²) >= 11 is 0. The second-order valence-electron chi connectivity index (χ2n) is 8.98. The summed E-state index contributed by atoms with van der Waals surface area (Å²) in [7, 11) is 3.34. The highest BCUT2D eigenvalue weighted by atomic mass is 16.5. The van der Waals surface area contributed by atoms with Crippen LogP contribution in [0.15, 0.2) is 60.8 Å². The first-order valence-electron chi connectivity index (χ1n) is 12.1. The van der Waals surface area contributed by atoms with Gasteiger partial charge in [0.15, 0.2) is 0 Å². The van der Waals surface area contributed by atoms with Crippen LogP contribution in [0.3, 0.4) is 0 Å². The van der Waals surface area contributed by atoms with Crippen LogP contribution < -0.4 is 19.7 Å². The maximum Gasteiger partial charge on any atom is 0.245 e. The zero-order valence-electron chi connectivity index (χ0n) is 20.9. The van der Waals surface area contributed by atoms with Gasteiger partial charge in [0.2, 0.25) is 5.95 Å². The number of hydrogen-bond donors (Lipinski definition) is 2. The first-order valence-corrected chi connectivity index (χ1v) is 12.1. The Morgan fingerprint density at radius 3 is 2.50 bits per heavy atom. The summed E-state index contributed by atoms with van der Waals surface area (Å²) in [6.45, 7) is 6.20. The van der Waals surface area contributed by atoms with Gasteiger partial charge in [-0.15, -0.1) is 5.10 Å². The van der Waals surface area contributed by atoms with Gasteiger partial charge in [-0.25, -0.2) is 9.50 Å². The Kier molecular flexibility index (Phi) is 6.92. The molecule has 0 bridgehead atoms. The third-order valence-corrected chi connectivity index (χ3v) is 6.47. The van der Waals surface area contributed by atoms with Crippen LogP contribution in [0.5, 0.6) is 11.5 Å². The van der Waals surface area contributed by atoms with E-state index in [1.807, 2.05) is 60.0 Å². The van der Waals surface area contributed by atoms with E-state index < -0.39 is 0 Å². The lowest BCUT2D eigenvalue weighted by molar-refractivity contribution is 0.122. The van der Waals surface area contributed by atoms with Crippen LogP contribution in [0.1, 0.15) is 6.92 Å². The van der Waals surface area contributed by atoms with Gasteiger partial charge in [0.05, 0.1) is 43.4 Å². The smallest absolute Gasteiger partial charge is 0.245 e. The van der Waals surface area contributed by atoms with Crippen LogP contribution in [0, 0.1) is 0 Å². The first kappa shape index (κ1) is 23.9. The summed E-state index contributed by atoms with van der Waals surface area (Å²) < 4.78 is 13.1. The van der Waals surface area contributed by atoms with E-state index >= 15 is 0 Å². The molecule has 188 valence electrons. The summed E-state index contributed by atoms with van der Waals surface area (Å²) in [5.74, 6) is 1.97. The molecule has 0 amide bonds. The molecule has 9 heteroatoms. The van der Waals surface area contributed by atoms with Crippen molar-refractivity contribution in [1.29, 1.82) is 0 Å². The molecule has 0 saturated carbocycles. The van der Waals surface area contributed by atoms with E-state index in [4.69, 9.17) is 14.6 Å². The fourth-order valence-corrected chi connectivity index (χ4v) is 4.68. The Hall–Kier alpha value is -3.82. The van der Waals surface area contributed by atoms with Gasteiger partial charge in [0, 0.05) is 50.0 Å². The van der Waals surface area contributed by atoms with E-state index in [1.54, 1.807) is 20.4 Å². The monoisotopic (exact) mass is 488 g/mol. The van der Waals surface area contributed by atoms with Gasteiger partial charge in [0.1, 0.15) is 11.5 Å². The number of methoxy groups -OCH3 is 2. The molecule has 2 aromatic carbocycles. The lowest BCUT2D eigenvalue weighted by atomic mass is 10.1. The molecule has 1 aliphatic heterocycles. The predicted molar refractivity (Wildman–Crippen MR) is 142 cm³/mol. The fourth-order valence-electron chi connectivity index (χ4n) is 4.68. The summed E-state index contributed by atoms with van der Waals surface area (Å²) in [6.07, 6.45) is 1.49. The second kappa shape index (κ2) is 10.4. The van der Waals surface area contributed by atoms with Crippen molar-refractivity contribution in [3.63, 3.8) is 0 Å². The number of anilines is 3. The lowest BCUT2D eigenvalue weighted by Gasteiger charge is -2.36. The van der Waals surface area contributed by atoms with Crippen molar-refractivity contribution in [2.24, 2.45) is 0 Å². The number of hydrogen-bond acceptors (Lipinski definition) is 8. The van der Waals surface area contributed by atoms with Crippen molar-refractivity contribution in [1.82, 2.24) is 19.5 Å². The Morgan fingerprint density at radius 1 is 0.972 bits per heavy atom. The zero-order chi connectivity index (χ0) is 25.1. The summed E-state index contributed by atoms with van der Waals surface area (Å²) in [4.78, 5) is 9.14. The third kappa shape index (κ3) is 4.93. The number of nitrogens with zero attached hydrogens (tertiary/aromatic N) is 5. The minimum Gasteiger partial charge on any atom is -0.496 e. The molecule has 0 radical (unpaired) electrons. The number of aliphatic hydroxyl groups excluding tert-OH is 1. The number of rotatable bonds is 8. The minimum absolute atomic E-state index is 0.305. The van der Waals surface area contributed by atoms with E-state index in [9.17, 15) is 5.11 Å². The van der Waals surface area contributed by atoms with Crippen LogP contribution in [0.2, 0.25) is 0 Å². The molecule has 0 spiro atoms. The van der Waals surface area contributed by atoms with Crippen molar-refractivity contribution in [2.45, 2.75) is 13.0 Å². The Labute approximate surface area is 210 Å². The van der Waals surface area contributed by atoms with E-state index in [1.165, 1.54) is 0 Å². The van der Waals surface area contributed by atoms with E-state index in [0.29, 0.717) is 12.5 Å². The number of ether oxygens (including phenoxy) is 2. The lowest BCUT2D eigenvalue weighted by Crippen LogP contribution is -2.48. The van der Waals surface area contributed by atoms with Gasteiger partial charge < -0.3 is 24.8 Å². The third-order valence-electron chi connectivity index (χ3n) is 6.47. The van der Waals surface area contributed by atoms with Crippen molar-refractivity contribution in [3.05, 3.63) is 60.8 Å². The summed E-state index contributed by atoms with van der Waals surface area (Å²) in [5.41, 5.74) is 4.66. The largest absolute Gasteiger partial charge is 0.496 e. The molecular weight excluding hydrogens is 456 g/mol. The molecule has 0 unspecified atom stereocenters. The highest BCUT2D eigenvalue weighted by molar-refractivity contribution is 5.72. The molecule has 1 atom stereocenters. The normalized spacial score (nSPS) is 15.2. The molecule has 2 N–H and O–H groups in total. The molecular formula is C27H32N6O3. The Bertz CT molecular complexity index is 1330. The standard InChI is InChI=1S/C27H32N6O3/c1-19(34)18-31-12-14-32(15-13-31)20-8-10-23(26(16-20)36-3)29-27-28-17-21-9-11-24(33(21)30-27)22-6-4-5-7-25(22)35-2/h4-11,16-17,19,34H,12-15,18H2,1-3H3,(H,29,30)/t19-/m1/s1. The minimum atomic E-state index is -0.305. The maximum absolute atomic E-state index is 9.65. The molecule has 1 saturated heterocycles. The molecule has 3 heterocycles. The number of fused-ring (bicyclic) bond motifs is 1. The van der Waals surface area contributed by atoms with Crippen molar-refractivity contribution < 1.29 is 14.6 Å². The fraction of sp³-hybridized carbons (Fsp3) is 0.333. The molecule has 36 heavy (non-hydrogen) atoms. The van der Waals surface area contributed by atoms with Crippen molar-refractivity contribution in [3.8, 4) is 22.8 Å². The van der Waals surface area contributed by atoms with Gasteiger partial charge in [-0.3, -0.25) is 4.90 Å². The number of aromatic nitrogens is 3. The first-order chi connectivity index (χ1) is 17.6. The predicted octanol–water partition coefficient (Wildman–Crippen LogP) is 3.66. The van der Waals surface area contributed by atoms with E-state index in [0.717, 1.165) is 65.8 Å². The number of aliphatic hydroxyl groups is 1. The highest BCUT2D eigenvalue weighted by Gasteiger charge is 2.19. The van der Waals surface area contributed by atoms with E-state index in [-0.39, 0.29) is 6.10 Å². The quantitative estimate of drug-likeness (QED) is 0.389. The highest BCUT2D eigenvalue weighted by Crippen LogP contribution is 2.33. The second-order valence-corrected chi connectivity index (χ2v) is 8.98. The van der Waals surface area contributed by atoms with Gasteiger partial charge >= 0.3 is 0 Å². The number of benzene rings is 2. The topological polar surface area (TPSA) is 87.4 Å². The molecule has 4 aromatic rings. The van der Waals surface area contributed by atoms with Crippen LogP contribution in [0.4, 0.5) is 17.3 Å². The molecule has 5 rings (SSSR count). The van der Waals surface area contributed by atoms with Crippen LogP contribution in [-0.2, 0) is 0 Å². The number of nitrogens with one attached hydrogen (secondary N) is 1. The van der Waals surface area contributed by atoms with Crippen molar-refractivity contribution in [2.75, 3.05) is 57.2 Å². The maximum atomic E-state index is 9.65. The Balaban J connectivity index is 1.37. The molecule has 2 aromatic heterocycles. The Morgan fingerprint density at radius 2 is 1.75 bits per heavy atom. The molecule has 1 fully saturated rings. The van der Waals surface area contributed by atoms with Crippen LogP contribution >= 0.6 is 0 Å². The van der Waals surface area contributed by atoms with Gasteiger partial charge in [-0.05, 0) is 43.3 Å².